The van der Waals surface area contributed by atoms with E-state index in [1.54, 1.807) is 19.1 Å². The molecule has 6 atom stereocenters. The van der Waals surface area contributed by atoms with E-state index in [0.29, 0.717) is 77.2 Å². The Morgan fingerprint density at radius 1 is 0.448 bits per heavy atom. The van der Waals surface area contributed by atoms with Crippen molar-refractivity contribution in [3.8, 4) is 5.75 Å². The van der Waals surface area contributed by atoms with Crippen molar-refractivity contribution >= 4 is 76.3 Å². The first-order valence-electron chi connectivity index (χ1n) is 36.0. The maximum absolute atomic E-state index is 13.5. The van der Waals surface area contributed by atoms with E-state index < -0.39 is 96.7 Å². The van der Waals surface area contributed by atoms with Gasteiger partial charge in [-0.2, -0.15) is 0 Å². The third kappa shape index (κ3) is 40.7. The fourth-order valence-corrected chi connectivity index (χ4v) is 12.4. The van der Waals surface area contributed by atoms with E-state index in [1.807, 2.05) is 6.92 Å². The third-order valence-electron chi connectivity index (χ3n) is 18.5. The van der Waals surface area contributed by atoms with Crippen LogP contribution in [0.5, 0.6) is 5.75 Å². The lowest BCUT2D eigenvalue weighted by Crippen LogP contribution is -2.50. The molecule has 3 amide bonds. The molecule has 23 heteroatoms. The fourth-order valence-electron chi connectivity index (χ4n) is 12.4. The number of Topliss-reactive ketones (excluding diaryl/α,β-unsaturated/α-hetero) is 6. The van der Waals surface area contributed by atoms with Gasteiger partial charge in [0, 0.05) is 77.2 Å². The number of nitrogens with one attached hydrogen (secondary N) is 5. The number of carbonyl (C=O) groups excluding carboxylic acids is 9. The number of aromatic hydroxyl groups is 1. The van der Waals surface area contributed by atoms with Crippen molar-refractivity contribution in [1.82, 2.24) is 26.6 Å². The summed E-state index contributed by atoms with van der Waals surface area (Å²) in [6, 6.07) is 2.55. The molecule has 1 aromatic carbocycles. The summed E-state index contributed by atoms with van der Waals surface area (Å²) in [5.74, 6) is -10.1. The van der Waals surface area contributed by atoms with Crippen LogP contribution in [0.1, 0.15) is 277 Å². The number of amides is 3. The van der Waals surface area contributed by atoms with Gasteiger partial charge in [-0.1, -0.05) is 142 Å². The minimum Gasteiger partial charge on any atom is -0.508 e. The summed E-state index contributed by atoms with van der Waals surface area (Å²) in [5.41, 5.74) is 0.723. The van der Waals surface area contributed by atoms with E-state index in [1.165, 1.54) is 83.3 Å². The highest BCUT2D eigenvalue weighted by Gasteiger charge is 2.32. The summed E-state index contributed by atoms with van der Waals surface area (Å²) in [6.45, 7) is 5.19. The van der Waals surface area contributed by atoms with Gasteiger partial charge < -0.3 is 52.1 Å². The molecule has 10 N–H and O–H groups in total. The van der Waals surface area contributed by atoms with Crippen LogP contribution in [0.3, 0.4) is 0 Å². The minimum absolute atomic E-state index is 0.0209. The molecule has 1 fully saturated rings. The first-order valence-corrected chi connectivity index (χ1v) is 36.0. The van der Waals surface area contributed by atoms with Crippen LogP contribution in [0.25, 0.3) is 0 Å². The molecule has 1 aromatic rings. The SMILES string of the molecule is CCCC[C@H](NCC(=O)[C@@H](Cc1ccc(O)cc1)NC(C)=O)C(=O)CN[C@@H](CCCCCC(=O)CC[C@H](CC(=O)CC[C@H](NC(=O)CC[C@H](CC(=O)C1CCC(CNC(=O)CCCCCCCCCCCCCCCCCCC(=O)O)CC1)C(=O)O)C(=O)O)C(=O)O)C(=O)CC. The predicted octanol–water partition coefficient (Wildman–Crippen LogP) is 10.4. The first kappa shape index (κ1) is 85.3. The molecule has 0 radical (unpaired) electrons. The second-order valence-electron chi connectivity index (χ2n) is 26.7. The molecule has 0 aromatic heterocycles. The highest BCUT2D eigenvalue weighted by atomic mass is 16.4. The van der Waals surface area contributed by atoms with E-state index in [0.717, 1.165) is 50.5 Å². The van der Waals surface area contributed by atoms with Gasteiger partial charge in [0.2, 0.25) is 17.7 Å². The third-order valence-corrected chi connectivity index (χ3v) is 18.5. The molecule has 1 aliphatic rings. The summed E-state index contributed by atoms with van der Waals surface area (Å²) in [7, 11) is 0. The molecule has 23 nitrogen and oxygen atoms in total. The Hall–Kier alpha value is -6.75. The van der Waals surface area contributed by atoms with E-state index in [4.69, 9.17) is 5.11 Å². The van der Waals surface area contributed by atoms with Crippen molar-refractivity contribution in [1.29, 1.82) is 0 Å². The molecule has 1 aliphatic carbocycles. The molecular formula is C73H117N5O18. The molecule has 0 bridgehead atoms. The van der Waals surface area contributed by atoms with Crippen molar-refractivity contribution < 1.29 is 87.9 Å². The Morgan fingerprint density at radius 3 is 1.45 bits per heavy atom. The fraction of sp³-hybridized carbons (Fsp3) is 0.740. The topological polar surface area (TPSA) is 383 Å². The van der Waals surface area contributed by atoms with Crippen LogP contribution in [-0.2, 0) is 68.7 Å². The van der Waals surface area contributed by atoms with E-state index in [2.05, 4.69) is 26.6 Å². The van der Waals surface area contributed by atoms with Crippen LogP contribution in [0.4, 0.5) is 0 Å². The Balaban J connectivity index is 1.67. The molecule has 2 rings (SSSR count). The summed E-state index contributed by atoms with van der Waals surface area (Å²) in [4.78, 5) is 163. The maximum atomic E-state index is 13.5. The van der Waals surface area contributed by atoms with E-state index in [9.17, 15) is 82.8 Å². The van der Waals surface area contributed by atoms with Gasteiger partial charge in [-0.3, -0.25) is 57.5 Å². The Morgan fingerprint density at radius 2 is 0.927 bits per heavy atom. The number of carbonyl (C=O) groups is 13. The number of aliphatic carboxylic acids is 4. The lowest BCUT2D eigenvalue weighted by atomic mass is 9.78. The van der Waals surface area contributed by atoms with Gasteiger partial charge in [-0.25, -0.2) is 4.79 Å². The number of phenols is 1. The summed E-state index contributed by atoms with van der Waals surface area (Å²) >= 11 is 0. The van der Waals surface area contributed by atoms with Crippen molar-refractivity contribution in [3.05, 3.63) is 29.8 Å². The average Bonchev–Trinajstić information content (AvgIpc) is 1.42. The number of carboxylic acids is 4. The van der Waals surface area contributed by atoms with Crippen LogP contribution in [0, 0.1) is 23.7 Å². The number of hydrogen-bond donors (Lipinski definition) is 10. The van der Waals surface area contributed by atoms with Crippen LogP contribution >= 0.6 is 0 Å². The van der Waals surface area contributed by atoms with Crippen LogP contribution in [0.15, 0.2) is 24.3 Å². The van der Waals surface area contributed by atoms with Crippen molar-refractivity contribution in [3.63, 3.8) is 0 Å². The van der Waals surface area contributed by atoms with Crippen LogP contribution in [0.2, 0.25) is 0 Å². The Bertz CT molecular complexity index is 2550. The molecule has 0 heterocycles. The zero-order valence-corrected chi connectivity index (χ0v) is 57.9. The van der Waals surface area contributed by atoms with Gasteiger partial charge in [-0.15, -0.1) is 0 Å². The van der Waals surface area contributed by atoms with Crippen molar-refractivity contribution in [2.75, 3.05) is 19.6 Å². The highest BCUT2D eigenvalue weighted by molar-refractivity contribution is 5.92. The normalized spacial score (nSPS) is 15.6. The monoisotopic (exact) mass is 1350 g/mol. The number of rotatable bonds is 61. The standard InChI is InChI=1S/C73H117N5O18/c1-4-6-27-61(75-50-67(86)63(77-51(3)79)45-52-33-39-58(81)40-34-52)66(85)49-74-60(64(83)5-2)28-23-21-22-26-57(80)41-37-55(71(91)92)46-59(82)42-43-62(73(95)96)78-69(88)44-38-56(72(93)94)47-65(84)54-35-31-53(32-36-54)48-76-68(87)29-24-19-17-15-13-11-9-7-8-10-12-14-16-18-20-25-30-70(89)90/h33-34,39-40,53-56,60-63,74-75,81H,4-32,35-38,41-50H2,1-3H3,(H,76,87)(H,77,79)(H,78,88)(H,89,90)(H,91,92)(H,93,94)(H,95,96)/t53?,54?,55-,56-,60+,61+,62+,63-/m1/s1. The van der Waals surface area contributed by atoms with Crippen molar-refractivity contribution in [2.45, 2.75) is 302 Å². The van der Waals surface area contributed by atoms with Crippen LogP contribution < -0.4 is 26.6 Å². The highest BCUT2D eigenvalue weighted by Crippen LogP contribution is 2.31. The molecule has 0 spiro atoms. The largest absolute Gasteiger partial charge is 0.508 e. The predicted molar refractivity (Wildman–Crippen MR) is 364 cm³/mol. The number of carboxylic acid groups (broad SMARTS) is 4. The molecular weight excluding hydrogens is 1230 g/mol. The smallest absolute Gasteiger partial charge is 0.326 e. The molecule has 0 saturated heterocycles. The molecule has 542 valence electrons. The summed E-state index contributed by atoms with van der Waals surface area (Å²) in [5, 5.41) is 62.3. The lowest BCUT2D eigenvalue weighted by molar-refractivity contribution is -0.145. The lowest BCUT2D eigenvalue weighted by Gasteiger charge is -2.28. The van der Waals surface area contributed by atoms with Gasteiger partial charge >= 0.3 is 23.9 Å². The molecule has 0 aliphatic heterocycles. The molecule has 96 heavy (non-hydrogen) atoms. The zero-order chi connectivity index (χ0) is 71.0. The Labute approximate surface area is 569 Å². The second-order valence-corrected chi connectivity index (χ2v) is 26.7. The van der Waals surface area contributed by atoms with Crippen molar-refractivity contribution in [2.24, 2.45) is 23.7 Å². The van der Waals surface area contributed by atoms with E-state index in [-0.39, 0.29) is 123 Å². The van der Waals surface area contributed by atoms with Gasteiger partial charge in [0.05, 0.1) is 43.1 Å². The van der Waals surface area contributed by atoms with Gasteiger partial charge in [0.25, 0.3) is 0 Å². The molecule has 1 saturated carbocycles. The number of benzene rings is 1. The second kappa shape index (κ2) is 51.5. The quantitative estimate of drug-likeness (QED) is 0.0271. The number of hydrogen-bond acceptors (Lipinski definition) is 16. The zero-order valence-electron chi connectivity index (χ0n) is 57.9. The molecule has 0 unspecified atom stereocenters. The maximum Gasteiger partial charge on any atom is 0.326 e. The summed E-state index contributed by atoms with van der Waals surface area (Å²) in [6.07, 6.45) is 23.5. The average molecular weight is 1350 g/mol. The number of unbranched alkanes of at least 4 members (excludes halogenated alkanes) is 18. The van der Waals surface area contributed by atoms with Crippen LogP contribution in [-0.4, -0.2) is 146 Å². The number of phenolic OH excluding ortho intramolecular Hbond substituents is 1. The van der Waals surface area contributed by atoms with Gasteiger partial charge in [-0.05, 0) is 107 Å². The first-order chi connectivity index (χ1) is 45.9. The summed E-state index contributed by atoms with van der Waals surface area (Å²) < 4.78 is 0. The van der Waals surface area contributed by atoms with E-state index >= 15 is 0 Å². The number of ketones is 6. The Kier molecular flexibility index (Phi) is 45.8. The van der Waals surface area contributed by atoms with Gasteiger partial charge in [0.15, 0.2) is 11.6 Å². The minimum atomic E-state index is -1.54. The van der Waals surface area contributed by atoms with Gasteiger partial charge in [0.1, 0.15) is 34.9 Å².